The van der Waals surface area contributed by atoms with Crippen molar-refractivity contribution < 1.29 is 27.4 Å². The standard InChI is InChI=1S/C21H25NO6S/c1-26-18-11-16(12-19(27-2)20(18)28-3)21(23)22(13-15-7-5-4-6-8-15)17-9-10-29(24,25)14-17/h4-8,11-12,17H,9-10,13-14H2,1-3H3/t17-/m1/s1. The molecule has 0 saturated carbocycles. The van der Waals surface area contributed by atoms with E-state index in [9.17, 15) is 13.2 Å². The van der Waals surface area contributed by atoms with Crippen LogP contribution in [0.4, 0.5) is 0 Å². The molecule has 0 N–H and O–H groups in total. The molecule has 1 amide bonds. The van der Waals surface area contributed by atoms with Crippen LogP contribution in [-0.4, -0.2) is 58.1 Å². The fourth-order valence-corrected chi connectivity index (χ4v) is 5.27. The van der Waals surface area contributed by atoms with Crippen molar-refractivity contribution in [3.63, 3.8) is 0 Å². The average Bonchev–Trinajstić information content (AvgIpc) is 3.10. The second-order valence-electron chi connectivity index (χ2n) is 6.89. The highest BCUT2D eigenvalue weighted by atomic mass is 32.2. The molecule has 8 heteroatoms. The van der Waals surface area contributed by atoms with Crippen LogP contribution in [0.25, 0.3) is 0 Å². The molecule has 0 unspecified atom stereocenters. The van der Waals surface area contributed by atoms with Crippen LogP contribution in [0.3, 0.4) is 0 Å². The summed E-state index contributed by atoms with van der Waals surface area (Å²) in [6.07, 6.45) is 0.422. The van der Waals surface area contributed by atoms with Crippen molar-refractivity contribution in [1.82, 2.24) is 4.90 Å². The molecule has 1 atom stereocenters. The first-order chi connectivity index (χ1) is 13.9. The van der Waals surface area contributed by atoms with Gasteiger partial charge in [-0.1, -0.05) is 30.3 Å². The van der Waals surface area contributed by atoms with Crippen LogP contribution in [0.2, 0.25) is 0 Å². The number of hydrogen-bond donors (Lipinski definition) is 0. The number of carbonyl (C=O) groups excluding carboxylic acids is 1. The maximum absolute atomic E-state index is 13.5. The van der Waals surface area contributed by atoms with E-state index in [4.69, 9.17) is 14.2 Å². The quantitative estimate of drug-likeness (QED) is 0.686. The van der Waals surface area contributed by atoms with Gasteiger partial charge in [-0.15, -0.1) is 0 Å². The molecule has 1 aliphatic rings. The summed E-state index contributed by atoms with van der Waals surface area (Å²) in [6, 6.07) is 12.3. The maximum Gasteiger partial charge on any atom is 0.254 e. The van der Waals surface area contributed by atoms with Crippen molar-refractivity contribution in [2.75, 3.05) is 32.8 Å². The minimum absolute atomic E-state index is 0.0317. The molecule has 1 heterocycles. The Hall–Kier alpha value is -2.74. The lowest BCUT2D eigenvalue weighted by molar-refractivity contribution is 0.0680. The van der Waals surface area contributed by atoms with E-state index in [0.717, 1.165) is 5.56 Å². The molecule has 0 spiro atoms. The van der Waals surface area contributed by atoms with Gasteiger partial charge in [-0.05, 0) is 24.1 Å². The molecule has 0 radical (unpaired) electrons. The summed E-state index contributed by atoms with van der Waals surface area (Å²) < 4.78 is 40.1. The molecule has 0 aromatic heterocycles. The topological polar surface area (TPSA) is 82.1 Å². The van der Waals surface area contributed by atoms with Gasteiger partial charge in [0.25, 0.3) is 5.91 Å². The summed E-state index contributed by atoms with van der Waals surface area (Å²) in [6.45, 7) is 0.316. The van der Waals surface area contributed by atoms with Gasteiger partial charge in [0, 0.05) is 18.2 Å². The fourth-order valence-electron chi connectivity index (χ4n) is 3.54. The van der Waals surface area contributed by atoms with Gasteiger partial charge >= 0.3 is 0 Å². The van der Waals surface area contributed by atoms with E-state index in [1.807, 2.05) is 30.3 Å². The van der Waals surface area contributed by atoms with E-state index in [0.29, 0.717) is 35.8 Å². The molecule has 2 aromatic carbocycles. The molecule has 29 heavy (non-hydrogen) atoms. The Balaban J connectivity index is 2.00. The predicted octanol–water partition coefficient (Wildman–Crippen LogP) is 2.54. The smallest absolute Gasteiger partial charge is 0.254 e. The molecule has 2 aromatic rings. The maximum atomic E-state index is 13.5. The van der Waals surface area contributed by atoms with E-state index in [2.05, 4.69) is 0 Å². The van der Waals surface area contributed by atoms with Gasteiger partial charge in [-0.2, -0.15) is 0 Å². The minimum atomic E-state index is -3.15. The Morgan fingerprint density at radius 2 is 1.66 bits per heavy atom. The van der Waals surface area contributed by atoms with Crippen LogP contribution >= 0.6 is 0 Å². The largest absolute Gasteiger partial charge is 0.493 e. The molecular weight excluding hydrogens is 394 g/mol. The number of ether oxygens (including phenoxy) is 3. The van der Waals surface area contributed by atoms with Gasteiger partial charge in [0.15, 0.2) is 21.3 Å². The zero-order valence-corrected chi connectivity index (χ0v) is 17.6. The van der Waals surface area contributed by atoms with Gasteiger partial charge in [-0.3, -0.25) is 4.79 Å². The molecule has 3 rings (SSSR count). The van der Waals surface area contributed by atoms with E-state index in [-0.39, 0.29) is 23.5 Å². The number of carbonyl (C=O) groups is 1. The first kappa shape index (κ1) is 21.0. The van der Waals surface area contributed by atoms with Crippen molar-refractivity contribution in [3.05, 3.63) is 53.6 Å². The molecule has 1 aliphatic heterocycles. The van der Waals surface area contributed by atoms with Crippen LogP contribution in [0.5, 0.6) is 17.2 Å². The highest BCUT2D eigenvalue weighted by Crippen LogP contribution is 2.39. The number of hydrogen-bond acceptors (Lipinski definition) is 6. The zero-order valence-electron chi connectivity index (χ0n) is 16.8. The molecule has 0 bridgehead atoms. The number of rotatable bonds is 7. The third-order valence-corrected chi connectivity index (χ3v) is 6.77. The SMILES string of the molecule is COc1cc(C(=O)N(Cc2ccccc2)[C@@H]2CCS(=O)(=O)C2)cc(OC)c1OC. The number of methoxy groups -OCH3 is 3. The Kier molecular flexibility index (Phi) is 6.32. The van der Waals surface area contributed by atoms with Crippen LogP contribution in [-0.2, 0) is 16.4 Å². The van der Waals surface area contributed by atoms with E-state index in [1.165, 1.54) is 21.3 Å². The summed E-state index contributed by atoms with van der Waals surface area (Å²) in [4.78, 5) is 15.1. The predicted molar refractivity (Wildman–Crippen MR) is 109 cm³/mol. The lowest BCUT2D eigenvalue weighted by Crippen LogP contribution is -2.40. The molecular formula is C21H25NO6S. The summed E-state index contributed by atoms with van der Waals surface area (Å²) >= 11 is 0. The van der Waals surface area contributed by atoms with Crippen LogP contribution in [0.15, 0.2) is 42.5 Å². The van der Waals surface area contributed by atoms with Crippen LogP contribution in [0.1, 0.15) is 22.3 Å². The fraction of sp³-hybridized carbons (Fsp3) is 0.381. The second-order valence-corrected chi connectivity index (χ2v) is 9.12. The molecule has 156 valence electrons. The Morgan fingerprint density at radius 3 is 2.14 bits per heavy atom. The Bertz CT molecular complexity index is 949. The van der Waals surface area contributed by atoms with E-state index >= 15 is 0 Å². The summed E-state index contributed by atoms with van der Waals surface area (Å²) in [7, 11) is 1.31. The van der Waals surface area contributed by atoms with Crippen molar-refractivity contribution in [3.8, 4) is 17.2 Å². The average molecular weight is 419 g/mol. The molecule has 1 fully saturated rings. The third-order valence-electron chi connectivity index (χ3n) is 5.02. The van der Waals surface area contributed by atoms with Crippen molar-refractivity contribution in [2.24, 2.45) is 0 Å². The Morgan fingerprint density at radius 1 is 1.03 bits per heavy atom. The summed E-state index contributed by atoms with van der Waals surface area (Å²) in [5.41, 5.74) is 1.28. The third kappa shape index (κ3) is 4.64. The minimum Gasteiger partial charge on any atom is -0.493 e. The lowest BCUT2D eigenvalue weighted by Gasteiger charge is -2.29. The highest BCUT2D eigenvalue weighted by Gasteiger charge is 2.35. The van der Waals surface area contributed by atoms with Gasteiger partial charge in [0.1, 0.15) is 0 Å². The highest BCUT2D eigenvalue weighted by molar-refractivity contribution is 7.91. The number of nitrogens with zero attached hydrogens (tertiary/aromatic N) is 1. The van der Waals surface area contributed by atoms with Gasteiger partial charge in [-0.25, -0.2) is 8.42 Å². The summed E-state index contributed by atoms with van der Waals surface area (Å²) in [5.74, 6) is 0.907. The van der Waals surface area contributed by atoms with E-state index < -0.39 is 9.84 Å². The summed E-state index contributed by atoms with van der Waals surface area (Å²) in [5, 5.41) is 0. The second kappa shape index (κ2) is 8.73. The van der Waals surface area contributed by atoms with Crippen molar-refractivity contribution in [1.29, 1.82) is 0 Å². The van der Waals surface area contributed by atoms with Gasteiger partial charge < -0.3 is 19.1 Å². The Labute approximate surface area is 171 Å². The van der Waals surface area contributed by atoms with Gasteiger partial charge in [0.2, 0.25) is 5.75 Å². The van der Waals surface area contributed by atoms with Crippen molar-refractivity contribution >= 4 is 15.7 Å². The van der Waals surface area contributed by atoms with E-state index in [1.54, 1.807) is 17.0 Å². The van der Waals surface area contributed by atoms with Crippen LogP contribution in [0, 0.1) is 0 Å². The first-order valence-electron chi connectivity index (χ1n) is 9.24. The van der Waals surface area contributed by atoms with Crippen LogP contribution < -0.4 is 14.2 Å². The molecule has 0 aliphatic carbocycles. The lowest BCUT2D eigenvalue weighted by atomic mass is 10.1. The monoisotopic (exact) mass is 419 g/mol. The van der Waals surface area contributed by atoms with Crippen molar-refractivity contribution in [2.45, 2.75) is 19.0 Å². The zero-order chi connectivity index (χ0) is 21.0. The molecule has 1 saturated heterocycles. The number of sulfone groups is 1. The normalized spacial score (nSPS) is 17.6. The number of benzene rings is 2. The molecule has 7 nitrogen and oxygen atoms in total. The first-order valence-corrected chi connectivity index (χ1v) is 11.1. The van der Waals surface area contributed by atoms with Gasteiger partial charge in [0.05, 0.1) is 32.8 Å². The number of amides is 1.